The predicted octanol–water partition coefficient (Wildman–Crippen LogP) is 1.40. The zero-order valence-electron chi connectivity index (χ0n) is 14.3. The van der Waals surface area contributed by atoms with Crippen molar-refractivity contribution in [3.8, 4) is 0 Å². The van der Waals surface area contributed by atoms with Gasteiger partial charge in [0.05, 0.1) is 0 Å². The highest BCUT2D eigenvalue weighted by atomic mass is 32.2. The lowest BCUT2D eigenvalue weighted by atomic mass is 9.99. The van der Waals surface area contributed by atoms with Gasteiger partial charge in [0.2, 0.25) is 0 Å². The highest BCUT2D eigenvalue weighted by Gasteiger charge is 2.37. The summed E-state index contributed by atoms with van der Waals surface area (Å²) in [6, 6.07) is 3.72. The molecule has 0 aliphatic carbocycles. The molecule has 0 spiro atoms. The Morgan fingerprint density at radius 1 is 1.25 bits per heavy atom. The van der Waals surface area contributed by atoms with Gasteiger partial charge in [0.1, 0.15) is 0 Å². The summed E-state index contributed by atoms with van der Waals surface area (Å²) in [4.78, 5) is 2.14. The van der Waals surface area contributed by atoms with Gasteiger partial charge in [-0.25, -0.2) is 0 Å². The largest absolute Gasteiger partial charge is 0.353 e. The van der Waals surface area contributed by atoms with Crippen molar-refractivity contribution in [1.82, 2.24) is 19.2 Å². The average molecular weight is 353 g/mol. The maximum Gasteiger partial charge on any atom is 0.279 e. The first-order valence-electron chi connectivity index (χ1n) is 8.90. The second-order valence-corrected chi connectivity index (χ2v) is 8.43. The van der Waals surface area contributed by atoms with Gasteiger partial charge in [0, 0.05) is 38.4 Å². The van der Waals surface area contributed by atoms with Crippen LogP contribution in [0, 0.1) is 5.92 Å². The summed E-state index contributed by atoms with van der Waals surface area (Å²) >= 11 is 0. The molecule has 2 aliphatic heterocycles. The van der Waals surface area contributed by atoms with Gasteiger partial charge in [0.15, 0.2) is 5.82 Å². The fourth-order valence-corrected chi connectivity index (χ4v) is 5.23. The van der Waals surface area contributed by atoms with Crippen LogP contribution in [0.25, 0.3) is 0 Å². The molecule has 0 aromatic carbocycles. The molecule has 8 heteroatoms. The van der Waals surface area contributed by atoms with Crippen molar-refractivity contribution in [2.24, 2.45) is 5.92 Å². The molecule has 1 aromatic heterocycles. The third-order valence-corrected chi connectivity index (χ3v) is 6.58. The summed E-state index contributed by atoms with van der Waals surface area (Å²) in [5.41, 5.74) is 0. The minimum atomic E-state index is -3.40. The lowest BCUT2D eigenvalue weighted by molar-refractivity contribution is 0.333. The number of hydrogen-bond donors (Lipinski definition) is 1. The molecule has 24 heavy (non-hydrogen) atoms. The first kappa shape index (κ1) is 17.6. The van der Waals surface area contributed by atoms with Crippen LogP contribution < -0.4 is 9.62 Å². The quantitative estimate of drug-likeness (QED) is 0.836. The maximum atomic E-state index is 12.7. The van der Waals surface area contributed by atoms with Crippen LogP contribution in [0.5, 0.6) is 0 Å². The van der Waals surface area contributed by atoms with E-state index >= 15 is 0 Å². The number of nitrogens with one attached hydrogen (secondary N) is 1. The Bertz CT molecular complexity index is 619. The lowest BCUT2D eigenvalue weighted by Crippen LogP contribution is -2.49. The first-order valence-corrected chi connectivity index (χ1v) is 10.3. The fraction of sp³-hybridized carbons (Fsp3) is 0.750. The van der Waals surface area contributed by atoms with Gasteiger partial charge in [-0.3, -0.25) is 0 Å². The van der Waals surface area contributed by atoms with E-state index in [4.69, 9.17) is 0 Å². The maximum absolute atomic E-state index is 12.7. The molecule has 2 saturated heterocycles. The van der Waals surface area contributed by atoms with E-state index in [0.717, 1.165) is 44.5 Å². The van der Waals surface area contributed by atoms with Crippen molar-refractivity contribution in [2.75, 3.05) is 31.1 Å². The van der Waals surface area contributed by atoms with Crippen molar-refractivity contribution in [1.29, 1.82) is 0 Å². The molecule has 0 radical (unpaired) electrons. The second kappa shape index (κ2) is 7.76. The van der Waals surface area contributed by atoms with Gasteiger partial charge >= 0.3 is 0 Å². The van der Waals surface area contributed by atoms with Crippen LogP contribution in [0.1, 0.15) is 39.0 Å². The SMILES string of the molecule is CCC[C@H]1CN(c2cccnn2)C[C@@H]1NS(=O)(=O)N1CCCCC1. The average Bonchev–Trinajstić information content (AvgIpc) is 2.99. The van der Waals surface area contributed by atoms with Gasteiger partial charge in [0.25, 0.3) is 10.2 Å². The molecule has 2 fully saturated rings. The van der Waals surface area contributed by atoms with Crippen molar-refractivity contribution in [3.05, 3.63) is 18.3 Å². The first-order chi connectivity index (χ1) is 11.6. The Kier molecular flexibility index (Phi) is 5.68. The van der Waals surface area contributed by atoms with E-state index in [1.54, 1.807) is 10.5 Å². The van der Waals surface area contributed by atoms with E-state index in [0.29, 0.717) is 25.6 Å². The standard InChI is InChI=1S/C16H27N5O2S/c1-2-7-14-12-20(16-8-6-9-17-18-16)13-15(14)19-24(22,23)21-10-4-3-5-11-21/h6,8-9,14-15,19H,2-5,7,10-13H2,1H3/t14-,15-/m0/s1. The van der Waals surface area contributed by atoms with Gasteiger partial charge in [-0.2, -0.15) is 22.5 Å². The third-order valence-electron chi connectivity index (χ3n) is 4.94. The molecule has 1 aromatic rings. The van der Waals surface area contributed by atoms with Gasteiger partial charge in [-0.15, -0.1) is 5.10 Å². The molecule has 2 aliphatic rings. The van der Waals surface area contributed by atoms with Gasteiger partial charge in [-0.1, -0.05) is 19.8 Å². The van der Waals surface area contributed by atoms with Crippen molar-refractivity contribution >= 4 is 16.0 Å². The van der Waals surface area contributed by atoms with Crippen LogP contribution in [-0.4, -0.2) is 55.1 Å². The third kappa shape index (κ3) is 4.04. The summed E-state index contributed by atoms with van der Waals surface area (Å²) < 4.78 is 30.0. The van der Waals surface area contributed by atoms with Crippen molar-refractivity contribution in [3.63, 3.8) is 0 Å². The summed E-state index contributed by atoms with van der Waals surface area (Å²) in [5.74, 6) is 1.12. The molecular weight excluding hydrogens is 326 g/mol. The van der Waals surface area contributed by atoms with Crippen molar-refractivity contribution < 1.29 is 8.42 Å². The molecule has 7 nitrogen and oxygen atoms in total. The Morgan fingerprint density at radius 2 is 2.04 bits per heavy atom. The molecule has 3 heterocycles. The molecule has 134 valence electrons. The topological polar surface area (TPSA) is 78.4 Å². The lowest BCUT2D eigenvalue weighted by Gasteiger charge is -2.28. The van der Waals surface area contributed by atoms with E-state index in [9.17, 15) is 8.42 Å². The number of rotatable bonds is 6. The Hall–Kier alpha value is -1.25. The number of nitrogens with zero attached hydrogens (tertiary/aromatic N) is 4. The van der Waals surface area contributed by atoms with E-state index in [1.807, 2.05) is 12.1 Å². The normalized spacial score (nSPS) is 26.0. The summed E-state index contributed by atoms with van der Waals surface area (Å²) in [5, 5.41) is 8.10. The van der Waals surface area contributed by atoms with E-state index in [1.165, 1.54) is 0 Å². The van der Waals surface area contributed by atoms with Crippen LogP contribution in [-0.2, 0) is 10.2 Å². The van der Waals surface area contributed by atoms with Crippen molar-refractivity contribution in [2.45, 2.75) is 45.1 Å². The fourth-order valence-electron chi connectivity index (χ4n) is 3.69. The Balaban J connectivity index is 1.70. The van der Waals surface area contributed by atoms with Crippen LogP contribution in [0.3, 0.4) is 0 Å². The number of hydrogen-bond acceptors (Lipinski definition) is 5. The molecule has 2 atom stereocenters. The smallest absolute Gasteiger partial charge is 0.279 e. The van der Waals surface area contributed by atoms with Crippen LogP contribution in [0.2, 0.25) is 0 Å². The minimum Gasteiger partial charge on any atom is -0.353 e. The van der Waals surface area contributed by atoms with Gasteiger partial charge < -0.3 is 4.90 Å². The van der Waals surface area contributed by atoms with Gasteiger partial charge in [-0.05, 0) is 37.3 Å². The molecule has 0 saturated carbocycles. The zero-order valence-corrected chi connectivity index (χ0v) is 15.1. The van der Waals surface area contributed by atoms with Crippen LogP contribution >= 0.6 is 0 Å². The number of anilines is 1. The van der Waals surface area contributed by atoms with E-state index in [-0.39, 0.29) is 6.04 Å². The Labute approximate surface area is 144 Å². The summed E-state index contributed by atoms with van der Waals surface area (Å²) in [6.45, 7) is 4.88. The zero-order chi connectivity index (χ0) is 17.0. The molecule has 3 rings (SSSR count). The van der Waals surface area contributed by atoms with E-state index in [2.05, 4.69) is 26.7 Å². The second-order valence-electron chi connectivity index (χ2n) is 6.72. The predicted molar refractivity (Wildman–Crippen MR) is 93.9 cm³/mol. The molecule has 0 unspecified atom stereocenters. The Morgan fingerprint density at radius 3 is 2.71 bits per heavy atom. The summed E-state index contributed by atoms with van der Waals surface area (Å²) in [6.07, 6.45) is 6.73. The number of piperidine rings is 1. The highest BCUT2D eigenvalue weighted by Crippen LogP contribution is 2.26. The monoisotopic (exact) mass is 353 g/mol. The van der Waals surface area contributed by atoms with Crippen LogP contribution in [0.15, 0.2) is 18.3 Å². The van der Waals surface area contributed by atoms with E-state index < -0.39 is 10.2 Å². The molecule has 0 amide bonds. The van der Waals surface area contributed by atoms with Crippen LogP contribution in [0.4, 0.5) is 5.82 Å². The molecule has 1 N–H and O–H groups in total. The highest BCUT2D eigenvalue weighted by molar-refractivity contribution is 7.87. The minimum absolute atomic E-state index is 0.0705. The summed E-state index contributed by atoms with van der Waals surface area (Å²) in [7, 11) is -3.40. The molecular formula is C16H27N5O2S. The molecule has 0 bridgehead atoms. The number of aromatic nitrogens is 2.